The van der Waals surface area contributed by atoms with Gasteiger partial charge in [-0.15, -0.1) is 0 Å². The van der Waals surface area contributed by atoms with E-state index in [1.807, 2.05) is 0 Å². The predicted molar refractivity (Wildman–Crippen MR) is 74.0 cm³/mol. The molecule has 1 atom stereocenters. The van der Waals surface area contributed by atoms with Gasteiger partial charge in [-0.05, 0) is 24.3 Å². The summed E-state index contributed by atoms with van der Waals surface area (Å²) in [5, 5.41) is 0. The summed E-state index contributed by atoms with van der Waals surface area (Å²) < 4.78 is 43.4. The molecule has 0 fully saturated rings. The topological polar surface area (TPSA) is 52.3 Å². The monoisotopic (exact) mass is 297 g/mol. The van der Waals surface area contributed by atoms with Crippen LogP contribution in [0.1, 0.15) is 0 Å². The maximum absolute atomic E-state index is 13.4. The van der Waals surface area contributed by atoms with E-state index in [0.29, 0.717) is 17.5 Å². The summed E-state index contributed by atoms with van der Waals surface area (Å²) in [4.78, 5) is -0.0315. The van der Waals surface area contributed by atoms with Crippen molar-refractivity contribution in [1.82, 2.24) is 0 Å². The lowest BCUT2D eigenvalue weighted by Crippen LogP contribution is -2.10. The maximum Gasteiger partial charge on any atom is 0.142 e. The fourth-order valence-electron chi connectivity index (χ4n) is 1.61. The molecule has 2 rings (SSSR count). The lowest BCUT2D eigenvalue weighted by molar-refractivity contribution is 0.344. The largest absolute Gasteiger partial charge is 0.490 e. The summed E-state index contributed by atoms with van der Waals surface area (Å²) >= 11 is 0. The Hall–Kier alpha value is -1.95. The molecule has 106 valence electrons. The van der Waals surface area contributed by atoms with E-state index in [9.17, 15) is 13.0 Å². The summed E-state index contributed by atoms with van der Waals surface area (Å²) in [5.41, 5.74) is 6.16. The van der Waals surface area contributed by atoms with Crippen LogP contribution >= 0.6 is 0 Å². The highest BCUT2D eigenvalue weighted by Gasteiger charge is 2.11. The van der Waals surface area contributed by atoms with Crippen molar-refractivity contribution >= 4 is 16.5 Å². The Morgan fingerprint density at radius 1 is 1.15 bits per heavy atom. The van der Waals surface area contributed by atoms with Gasteiger partial charge < -0.3 is 10.5 Å². The quantitative estimate of drug-likeness (QED) is 0.863. The van der Waals surface area contributed by atoms with Crippen molar-refractivity contribution in [1.29, 1.82) is 0 Å². The number of para-hydroxylation sites is 2. The Morgan fingerprint density at radius 3 is 2.60 bits per heavy atom. The second kappa shape index (κ2) is 6.47. The molecule has 3 nitrogen and oxygen atoms in total. The average molecular weight is 297 g/mol. The normalized spacial score (nSPS) is 12.1. The predicted octanol–water partition coefficient (Wildman–Crippen LogP) is 2.73. The van der Waals surface area contributed by atoms with Crippen LogP contribution in [0.15, 0.2) is 47.4 Å². The molecule has 0 aliphatic carbocycles. The average Bonchev–Trinajstić information content (AvgIpc) is 2.40. The molecule has 0 radical (unpaired) electrons. The van der Waals surface area contributed by atoms with Crippen molar-refractivity contribution in [3.05, 3.63) is 54.1 Å². The third kappa shape index (κ3) is 3.54. The molecule has 1 unspecified atom stereocenters. The van der Waals surface area contributed by atoms with Crippen LogP contribution < -0.4 is 10.5 Å². The molecule has 0 saturated carbocycles. The first-order valence-electron chi connectivity index (χ1n) is 5.88. The van der Waals surface area contributed by atoms with Gasteiger partial charge in [0.15, 0.2) is 0 Å². The molecule has 0 aliphatic rings. The molecule has 2 N–H and O–H groups in total. The molecular formula is C14H13F2NO2S. The summed E-state index contributed by atoms with van der Waals surface area (Å²) in [6.45, 7) is 0.123. The van der Waals surface area contributed by atoms with Crippen molar-refractivity contribution in [3.63, 3.8) is 0 Å². The minimum atomic E-state index is -1.59. The van der Waals surface area contributed by atoms with Gasteiger partial charge in [-0.1, -0.05) is 12.1 Å². The van der Waals surface area contributed by atoms with Crippen LogP contribution in [0.4, 0.5) is 14.5 Å². The Kier molecular flexibility index (Phi) is 4.68. The standard InChI is InChI=1S/C14H13F2NO2S/c15-10-5-6-14(11(16)9-10)20(18)8-7-19-13-4-2-1-3-12(13)17/h1-6,9H,7-8,17H2. The number of halogens is 2. The SMILES string of the molecule is Nc1ccccc1OCCS(=O)c1ccc(F)cc1F. The van der Waals surface area contributed by atoms with E-state index in [-0.39, 0.29) is 17.3 Å². The number of nitrogen functional groups attached to an aromatic ring is 1. The number of anilines is 1. The fraction of sp³-hybridized carbons (Fsp3) is 0.143. The third-order valence-electron chi connectivity index (χ3n) is 2.58. The molecule has 2 aromatic rings. The van der Waals surface area contributed by atoms with Gasteiger partial charge in [0.25, 0.3) is 0 Å². The Balaban J connectivity index is 1.94. The Labute approximate surface area is 117 Å². The number of nitrogens with two attached hydrogens (primary N) is 1. The molecule has 20 heavy (non-hydrogen) atoms. The van der Waals surface area contributed by atoms with Crippen molar-refractivity contribution in [2.75, 3.05) is 18.1 Å². The van der Waals surface area contributed by atoms with E-state index in [4.69, 9.17) is 10.5 Å². The minimum Gasteiger partial charge on any atom is -0.490 e. The molecule has 6 heteroatoms. The van der Waals surface area contributed by atoms with Crippen LogP contribution in [0.3, 0.4) is 0 Å². The van der Waals surface area contributed by atoms with Gasteiger partial charge in [0.2, 0.25) is 0 Å². The number of hydrogen-bond acceptors (Lipinski definition) is 3. The third-order valence-corrected chi connectivity index (χ3v) is 3.94. The number of rotatable bonds is 5. The van der Waals surface area contributed by atoms with E-state index in [1.165, 1.54) is 6.07 Å². The Bertz CT molecular complexity index is 634. The highest BCUT2D eigenvalue weighted by molar-refractivity contribution is 7.85. The summed E-state index contributed by atoms with van der Waals surface area (Å²) in [7, 11) is -1.59. The second-order valence-corrected chi connectivity index (χ2v) is 5.55. The summed E-state index contributed by atoms with van der Waals surface area (Å²) in [6, 6.07) is 9.88. The van der Waals surface area contributed by atoms with E-state index in [0.717, 1.165) is 6.07 Å². The number of hydrogen-bond donors (Lipinski definition) is 1. The molecule has 0 saturated heterocycles. The van der Waals surface area contributed by atoms with Crippen molar-refractivity contribution in [3.8, 4) is 5.75 Å². The smallest absolute Gasteiger partial charge is 0.142 e. The van der Waals surface area contributed by atoms with E-state index in [1.54, 1.807) is 24.3 Å². The first-order valence-corrected chi connectivity index (χ1v) is 7.20. The number of benzene rings is 2. The van der Waals surface area contributed by atoms with Crippen molar-refractivity contribution < 1.29 is 17.7 Å². The van der Waals surface area contributed by atoms with Gasteiger partial charge in [-0.3, -0.25) is 4.21 Å². The van der Waals surface area contributed by atoms with E-state index >= 15 is 0 Å². The van der Waals surface area contributed by atoms with Gasteiger partial charge in [-0.25, -0.2) is 8.78 Å². The van der Waals surface area contributed by atoms with E-state index in [2.05, 4.69) is 0 Å². The molecule has 0 spiro atoms. The molecule has 0 bridgehead atoms. The van der Waals surface area contributed by atoms with Crippen LogP contribution in [0.25, 0.3) is 0 Å². The van der Waals surface area contributed by atoms with Gasteiger partial charge in [0.05, 0.1) is 27.1 Å². The van der Waals surface area contributed by atoms with Crippen molar-refractivity contribution in [2.45, 2.75) is 4.90 Å². The van der Waals surface area contributed by atoms with Crippen LogP contribution in [-0.2, 0) is 10.8 Å². The first kappa shape index (κ1) is 14.5. The molecule has 0 heterocycles. The Morgan fingerprint density at radius 2 is 1.90 bits per heavy atom. The van der Waals surface area contributed by atoms with Gasteiger partial charge in [0, 0.05) is 6.07 Å². The zero-order valence-corrected chi connectivity index (χ0v) is 11.3. The van der Waals surface area contributed by atoms with Crippen LogP contribution in [0.5, 0.6) is 5.75 Å². The molecule has 2 aromatic carbocycles. The summed E-state index contributed by atoms with van der Waals surface area (Å²) in [6.07, 6.45) is 0. The zero-order valence-electron chi connectivity index (χ0n) is 10.5. The molecule has 0 aliphatic heterocycles. The van der Waals surface area contributed by atoms with Crippen LogP contribution in [0.2, 0.25) is 0 Å². The first-order chi connectivity index (χ1) is 9.58. The van der Waals surface area contributed by atoms with Gasteiger partial charge in [-0.2, -0.15) is 0 Å². The highest BCUT2D eigenvalue weighted by atomic mass is 32.2. The summed E-state index contributed by atoms with van der Waals surface area (Å²) in [5.74, 6) is -0.931. The maximum atomic E-state index is 13.4. The van der Waals surface area contributed by atoms with Crippen LogP contribution in [0, 0.1) is 11.6 Å². The van der Waals surface area contributed by atoms with Crippen molar-refractivity contribution in [2.24, 2.45) is 0 Å². The molecule has 0 amide bonds. The lowest BCUT2D eigenvalue weighted by Gasteiger charge is -2.08. The minimum absolute atomic E-state index is 0.0315. The number of ether oxygens (including phenoxy) is 1. The van der Waals surface area contributed by atoms with E-state index < -0.39 is 22.4 Å². The second-order valence-electron chi connectivity index (χ2n) is 4.01. The van der Waals surface area contributed by atoms with Gasteiger partial charge in [0.1, 0.15) is 24.0 Å². The zero-order chi connectivity index (χ0) is 14.5. The molecule has 0 aromatic heterocycles. The molecular weight excluding hydrogens is 284 g/mol. The highest BCUT2D eigenvalue weighted by Crippen LogP contribution is 2.20. The van der Waals surface area contributed by atoms with Crippen LogP contribution in [-0.4, -0.2) is 16.6 Å². The van der Waals surface area contributed by atoms with Gasteiger partial charge >= 0.3 is 0 Å². The fourth-order valence-corrected chi connectivity index (χ4v) is 2.56. The lowest BCUT2D eigenvalue weighted by atomic mass is 10.3.